The van der Waals surface area contributed by atoms with Gasteiger partial charge in [-0.1, -0.05) is 0 Å². The van der Waals surface area contributed by atoms with Crippen molar-refractivity contribution in [3.8, 4) is 22.5 Å². The van der Waals surface area contributed by atoms with Crippen LogP contribution in [0.5, 0.6) is 0 Å². The van der Waals surface area contributed by atoms with E-state index in [0.717, 1.165) is 11.1 Å². The second-order valence-electron chi connectivity index (χ2n) is 5.68. The van der Waals surface area contributed by atoms with Gasteiger partial charge in [0.25, 0.3) is 5.56 Å². The van der Waals surface area contributed by atoms with Crippen LogP contribution in [0.3, 0.4) is 0 Å². The number of imidazole rings is 1. The van der Waals surface area contributed by atoms with Crippen LogP contribution in [0.15, 0.2) is 59.8 Å². The highest BCUT2D eigenvalue weighted by Gasteiger charge is 2.13. The molecule has 0 aliphatic rings. The Morgan fingerprint density at radius 2 is 1.88 bits per heavy atom. The molecule has 0 saturated heterocycles. The number of pyridine rings is 2. The summed E-state index contributed by atoms with van der Waals surface area (Å²) in [4.78, 5) is 38.3. The van der Waals surface area contributed by atoms with E-state index >= 15 is 0 Å². The molecule has 7 nitrogen and oxygen atoms in total. The maximum absolute atomic E-state index is 12.3. The molecule has 4 aromatic rings. The van der Waals surface area contributed by atoms with Crippen molar-refractivity contribution >= 4 is 17.0 Å². The van der Waals surface area contributed by atoms with E-state index in [1.165, 1.54) is 7.11 Å². The fraction of sp³-hybridized carbons (Fsp3) is 0.0526. The number of nitrogens with one attached hydrogen (secondary N) is 2. The number of ether oxygens (including phenoxy) is 1. The number of rotatable bonds is 3. The first kappa shape index (κ1) is 15.8. The Balaban J connectivity index is 1.82. The zero-order chi connectivity index (χ0) is 18.1. The zero-order valence-corrected chi connectivity index (χ0v) is 13.8. The Morgan fingerprint density at radius 3 is 2.65 bits per heavy atom. The van der Waals surface area contributed by atoms with Crippen LogP contribution in [0.1, 0.15) is 10.4 Å². The Hall–Kier alpha value is -3.74. The summed E-state index contributed by atoms with van der Waals surface area (Å²) < 4.78 is 4.73. The number of fused-ring (bicyclic) bond motifs is 1. The van der Waals surface area contributed by atoms with Gasteiger partial charge in [0.2, 0.25) is 0 Å². The monoisotopic (exact) mass is 346 g/mol. The lowest BCUT2D eigenvalue weighted by Crippen LogP contribution is -2.09. The van der Waals surface area contributed by atoms with E-state index in [-0.39, 0.29) is 5.56 Å². The van der Waals surface area contributed by atoms with Gasteiger partial charge in [0, 0.05) is 18.6 Å². The van der Waals surface area contributed by atoms with Crippen molar-refractivity contribution in [1.29, 1.82) is 0 Å². The average molecular weight is 346 g/mol. The van der Waals surface area contributed by atoms with E-state index in [4.69, 9.17) is 4.74 Å². The fourth-order valence-electron chi connectivity index (χ4n) is 2.75. The molecule has 2 N–H and O–H groups in total. The topological polar surface area (TPSA) is 101 Å². The number of hydrogen-bond donors (Lipinski definition) is 2. The minimum atomic E-state index is -0.430. The van der Waals surface area contributed by atoms with Gasteiger partial charge in [-0.15, -0.1) is 0 Å². The van der Waals surface area contributed by atoms with Gasteiger partial charge in [0.15, 0.2) is 0 Å². The molecule has 0 radical (unpaired) electrons. The lowest BCUT2D eigenvalue weighted by molar-refractivity contribution is 0.0601. The van der Waals surface area contributed by atoms with Crippen molar-refractivity contribution in [2.45, 2.75) is 0 Å². The summed E-state index contributed by atoms with van der Waals surface area (Å²) in [7, 11) is 1.33. The number of hydrogen-bond acceptors (Lipinski definition) is 5. The van der Waals surface area contributed by atoms with E-state index < -0.39 is 5.97 Å². The molecule has 0 aliphatic heterocycles. The SMILES string of the molecule is COC(=O)c1ccc2nc(-c3cc(-c4ccncc4)c[nH]c3=O)[nH]c2c1. The van der Waals surface area contributed by atoms with Gasteiger partial charge < -0.3 is 14.7 Å². The van der Waals surface area contributed by atoms with Crippen LogP contribution in [0.4, 0.5) is 0 Å². The summed E-state index contributed by atoms with van der Waals surface area (Å²) in [5.74, 6) is -0.000228. The molecule has 0 bridgehead atoms. The van der Waals surface area contributed by atoms with E-state index in [1.807, 2.05) is 12.1 Å². The highest BCUT2D eigenvalue weighted by Crippen LogP contribution is 2.23. The standard InChI is InChI=1S/C19H14N4O3/c1-26-19(25)12-2-3-15-16(9-12)23-17(22-15)14-8-13(10-21-18(14)24)11-4-6-20-7-5-11/h2-10H,1H3,(H,21,24)(H,22,23). The first-order valence-electron chi connectivity index (χ1n) is 7.87. The van der Waals surface area contributed by atoms with E-state index in [0.29, 0.717) is 28.0 Å². The average Bonchev–Trinajstić information content (AvgIpc) is 3.11. The predicted octanol–water partition coefficient (Wildman–Crippen LogP) is 2.77. The number of aromatic nitrogens is 4. The van der Waals surface area contributed by atoms with Crippen molar-refractivity contribution in [3.63, 3.8) is 0 Å². The van der Waals surface area contributed by atoms with Gasteiger partial charge in [0.1, 0.15) is 5.82 Å². The highest BCUT2D eigenvalue weighted by atomic mass is 16.5. The molecule has 0 fully saturated rings. The number of carbonyl (C=O) groups is 1. The van der Waals surface area contributed by atoms with Gasteiger partial charge in [0.05, 0.1) is 29.3 Å². The van der Waals surface area contributed by atoms with E-state index in [9.17, 15) is 9.59 Å². The molecule has 0 spiro atoms. The van der Waals surface area contributed by atoms with Crippen molar-refractivity contribution in [2.24, 2.45) is 0 Å². The minimum absolute atomic E-state index is 0.255. The van der Waals surface area contributed by atoms with Crippen molar-refractivity contribution in [3.05, 3.63) is 70.9 Å². The smallest absolute Gasteiger partial charge is 0.337 e. The van der Waals surface area contributed by atoms with Gasteiger partial charge in [-0.2, -0.15) is 0 Å². The van der Waals surface area contributed by atoms with Crippen molar-refractivity contribution in [2.75, 3.05) is 7.11 Å². The van der Waals surface area contributed by atoms with Gasteiger partial charge >= 0.3 is 5.97 Å². The number of nitrogens with zero attached hydrogens (tertiary/aromatic N) is 2. The van der Waals surface area contributed by atoms with Crippen LogP contribution in [-0.2, 0) is 4.74 Å². The van der Waals surface area contributed by atoms with E-state index in [1.54, 1.807) is 42.9 Å². The van der Waals surface area contributed by atoms with Crippen LogP contribution in [-0.4, -0.2) is 33.0 Å². The molecule has 3 aromatic heterocycles. The van der Waals surface area contributed by atoms with Crippen LogP contribution in [0.25, 0.3) is 33.5 Å². The Kier molecular flexibility index (Phi) is 3.81. The first-order chi connectivity index (χ1) is 12.7. The maximum atomic E-state index is 12.3. The Labute approximate surface area is 147 Å². The summed E-state index contributed by atoms with van der Waals surface area (Å²) >= 11 is 0. The molecule has 0 aliphatic carbocycles. The van der Waals surface area contributed by atoms with Crippen molar-refractivity contribution < 1.29 is 9.53 Å². The third-order valence-corrected chi connectivity index (χ3v) is 4.07. The van der Waals surface area contributed by atoms with Gasteiger partial charge in [-0.25, -0.2) is 9.78 Å². The first-order valence-corrected chi connectivity index (χ1v) is 7.87. The molecule has 26 heavy (non-hydrogen) atoms. The number of aromatic amines is 2. The summed E-state index contributed by atoms with van der Waals surface area (Å²) in [5, 5.41) is 0. The predicted molar refractivity (Wildman–Crippen MR) is 96.7 cm³/mol. The number of H-pyrrole nitrogens is 2. The molecule has 0 unspecified atom stereocenters. The normalized spacial score (nSPS) is 10.8. The molecule has 128 valence electrons. The summed E-state index contributed by atoms with van der Waals surface area (Å²) in [6, 6.07) is 10.5. The Morgan fingerprint density at radius 1 is 1.08 bits per heavy atom. The third-order valence-electron chi connectivity index (χ3n) is 4.07. The maximum Gasteiger partial charge on any atom is 0.337 e. The molecule has 0 saturated carbocycles. The highest BCUT2D eigenvalue weighted by molar-refractivity contribution is 5.94. The Bertz CT molecular complexity index is 1160. The lowest BCUT2D eigenvalue weighted by atomic mass is 10.1. The number of benzene rings is 1. The van der Waals surface area contributed by atoms with Gasteiger partial charge in [-0.05, 0) is 47.5 Å². The van der Waals surface area contributed by atoms with Crippen LogP contribution >= 0.6 is 0 Å². The number of methoxy groups -OCH3 is 1. The molecule has 0 atom stereocenters. The van der Waals surface area contributed by atoms with Crippen LogP contribution in [0.2, 0.25) is 0 Å². The largest absolute Gasteiger partial charge is 0.465 e. The second-order valence-corrected chi connectivity index (χ2v) is 5.68. The minimum Gasteiger partial charge on any atom is -0.465 e. The van der Waals surface area contributed by atoms with Crippen LogP contribution < -0.4 is 5.56 Å². The summed E-state index contributed by atoms with van der Waals surface area (Å²) in [6.45, 7) is 0. The fourth-order valence-corrected chi connectivity index (χ4v) is 2.75. The molecular formula is C19H14N4O3. The number of carbonyl (C=O) groups excluding carboxylic acids is 1. The van der Waals surface area contributed by atoms with E-state index in [2.05, 4.69) is 19.9 Å². The van der Waals surface area contributed by atoms with Crippen molar-refractivity contribution in [1.82, 2.24) is 19.9 Å². The molecule has 1 aromatic carbocycles. The zero-order valence-electron chi connectivity index (χ0n) is 13.8. The number of esters is 1. The molecule has 0 amide bonds. The lowest BCUT2D eigenvalue weighted by Gasteiger charge is -2.02. The summed E-state index contributed by atoms with van der Waals surface area (Å²) in [5.41, 5.74) is 3.65. The molecule has 3 heterocycles. The molecule has 4 rings (SSSR count). The molecular weight excluding hydrogens is 332 g/mol. The van der Waals surface area contributed by atoms with Crippen LogP contribution in [0, 0.1) is 0 Å². The third kappa shape index (κ3) is 2.75. The summed E-state index contributed by atoms with van der Waals surface area (Å²) in [6.07, 6.45) is 5.03. The molecule has 7 heteroatoms. The second kappa shape index (κ2) is 6.29. The quantitative estimate of drug-likeness (QED) is 0.556. The van der Waals surface area contributed by atoms with Gasteiger partial charge in [-0.3, -0.25) is 9.78 Å².